The maximum Gasteiger partial charge on any atom is 0.277 e. The summed E-state index contributed by atoms with van der Waals surface area (Å²) < 4.78 is 47.3. The van der Waals surface area contributed by atoms with Crippen LogP contribution in [0.2, 0.25) is 0 Å². The number of nitrogens with zero attached hydrogens (tertiary/aromatic N) is 3. The molecule has 4 aromatic rings. The van der Waals surface area contributed by atoms with Gasteiger partial charge in [-0.3, -0.25) is 9.36 Å². The minimum absolute atomic E-state index is 0.105. The predicted octanol–water partition coefficient (Wildman–Crippen LogP) is 4.17. The van der Waals surface area contributed by atoms with Crippen molar-refractivity contribution in [3.63, 3.8) is 0 Å². The van der Waals surface area contributed by atoms with E-state index in [2.05, 4.69) is 9.97 Å². The minimum atomic E-state index is -4.45. The standard InChI is InChI=1S/C28H26FN3O5S/c1-37-17-23(20-5-3-2-4-6-20)32-25(15-18-7-8-18)31-27(33)26(28(32)34)38(35,36)22-12-9-19(10-13-22)21-11-14-24(29)30-16-21/h2-6,9-14,16,18,23,33H,7-8,15,17H2,1H3. The monoisotopic (exact) mass is 535 g/mol. The van der Waals surface area contributed by atoms with Crippen LogP contribution in [0.15, 0.2) is 87.5 Å². The summed E-state index contributed by atoms with van der Waals surface area (Å²) in [6.07, 6.45) is 3.74. The number of benzene rings is 2. The second-order valence-corrected chi connectivity index (χ2v) is 11.2. The number of aromatic hydroxyl groups is 1. The Morgan fingerprint density at radius 3 is 2.34 bits per heavy atom. The van der Waals surface area contributed by atoms with E-state index in [1.54, 1.807) is 0 Å². The van der Waals surface area contributed by atoms with Crippen molar-refractivity contribution >= 4 is 9.84 Å². The molecule has 10 heteroatoms. The van der Waals surface area contributed by atoms with Crippen LogP contribution < -0.4 is 5.56 Å². The Morgan fingerprint density at radius 2 is 1.74 bits per heavy atom. The quantitative estimate of drug-likeness (QED) is 0.320. The molecule has 2 aromatic carbocycles. The molecule has 1 fully saturated rings. The van der Waals surface area contributed by atoms with Gasteiger partial charge in [-0.15, -0.1) is 0 Å². The molecule has 0 radical (unpaired) electrons. The molecule has 0 amide bonds. The van der Waals surface area contributed by atoms with Crippen molar-refractivity contribution in [3.8, 4) is 17.0 Å². The van der Waals surface area contributed by atoms with Crippen molar-refractivity contribution < 1.29 is 22.7 Å². The van der Waals surface area contributed by atoms with Gasteiger partial charge in [0.15, 0.2) is 4.90 Å². The Kier molecular flexibility index (Phi) is 7.09. The van der Waals surface area contributed by atoms with Crippen molar-refractivity contribution in [2.75, 3.05) is 13.7 Å². The summed E-state index contributed by atoms with van der Waals surface area (Å²) in [4.78, 5) is 20.8. The predicted molar refractivity (Wildman–Crippen MR) is 138 cm³/mol. The molecule has 0 aliphatic heterocycles. The Bertz CT molecular complexity index is 1600. The average Bonchev–Trinajstić information content (AvgIpc) is 3.73. The van der Waals surface area contributed by atoms with Crippen LogP contribution >= 0.6 is 0 Å². The van der Waals surface area contributed by atoms with Crippen LogP contribution in [-0.2, 0) is 21.0 Å². The maximum absolute atomic E-state index is 13.9. The third-order valence-electron chi connectivity index (χ3n) is 6.61. The lowest BCUT2D eigenvalue weighted by Gasteiger charge is -2.24. The third kappa shape index (κ3) is 5.09. The largest absolute Gasteiger partial charge is 0.492 e. The molecule has 1 N–H and O–H groups in total. The lowest BCUT2D eigenvalue weighted by molar-refractivity contribution is 0.165. The summed E-state index contributed by atoms with van der Waals surface area (Å²) in [6, 6.07) is 17.0. The highest BCUT2D eigenvalue weighted by Crippen LogP contribution is 2.34. The average molecular weight is 536 g/mol. The van der Waals surface area contributed by atoms with E-state index in [1.165, 1.54) is 54.3 Å². The van der Waals surface area contributed by atoms with Gasteiger partial charge in [-0.2, -0.15) is 9.37 Å². The van der Waals surface area contributed by atoms with Crippen molar-refractivity contribution in [1.82, 2.24) is 14.5 Å². The van der Waals surface area contributed by atoms with Crippen LogP contribution in [0, 0.1) is 11.9 Å². The highest BCUT2D eigenvalue weighted by Gasteiger charge is 2.34. The molecule has 1 atom stereocenters. The Hall–Kier alpha value is -3.89. The number of ether oxygens (including phenoxy) is 1. The Balaban J connectivity index is 1.62. The first-order chi connectivity index (χ1) is 18.3. The van der Waals surface area contributed by atoms with Crippen molar-refractivity contribution in [3.05, 3.63) is 101 Å². The number of aromatic nitrogens is 3. The molecule has 0 saturated heterocycles. The highest BCUT2D eigenvalue weighted by atomic mass is 32.2. The van der Waals surface area contributed by atoms with Gasteiger partial charge in [0.05, 0.1) is 17.5 Å². The van der Waals surface area contributed by atoms with Crippen LogP contribution in [0.1, 0.15) is 30.3 Å². The van der Waals surface area contributed by atoms with Gasteiger partial charge in [0.1, 0.15) is 5.82 Å². The second-order valence-electron chi connectivity index (χ2n) is 9.28. The molecule has 5 rings (SSSR count). The van der Waals surface area contributed by atoms with Gasteiger partial charge in [0.25, 0.3) is 5.56 Å². The second kappa shape index (κ2) is 10.5. The van der Waals surface area contributed by atoms with E-state index in [-0.39, 0.29) is 11.5 Å². The minimum Gasteiger partial charge on any atom is -0.492 e. The molecular weight excluding hydrogens is 509 g/mol. The molecular formula is C28H26FN3O5S. The molecule has 1 unspecified atom stereocenters. The fraction of sp³-hybridized carbons (Fsp3) is 0.250. The van der Waals surface area contributed by atoms with Crippen molar-refractivity contribution in [2.24, 2.45) is 5.92 Å². The van der Waals surface area contributed by atoms with Crippen LogP contribution in [0.4, 0.5) is 4.39 Å². The van der Waals surface area contributed by atoms with E-state index in [9.17, 15) is 22.7 Å². The number of halogens is 1. The molecule has 1 aliphatic carbocycles. The van der Waals surface area contributed by atoms with Crippen molar-refractivity contribution in [1.29, 1.82) is 0 Å². The van der Waals surface area contributed by atoms with Gasteiger partial charge in [0.2, 0.25) is 21.7 Å². The normalized spacial score (nSPS) is 14.4. The van der Waals surface area contributed by atoms with Crippen LogP contribution in [0.25, 0.3) is 11.1 Å². The summed E-state index contributed by atoms with van der Waals surface area (Å²) >= 11 is 0. The molecule has 196 valence electrons. The zero-order valence-corrected chi connectivity index (χ0v) is 21.4. The summed E-state index contributed by atoms with van der Waals surface area (Å²) in [5, 5.41) is 10.8. The van der Waals surface area contributed by atoms with E-state index >= 15 is 0 Å². The highest BCUT2D eigenvalue weighted by molar-refractivity contribution is 7.91. The maximum atomic E-state index is 13.9. The van der Waals surface area contributed by atoms with E-state index in [1.807, 2.05) is 30.3 Å². The first-order valence-electron chi connectivity index (χ1n) is 12.1. The SMILES string of the molecule is COCC(c1ccccc1)n1c(CC2CC2)nc(O)c(S(=O)(=O)c2ccc(-c3ccc(F)nc3)cc2)c1=O. The molecule has 0 spiro atoms. The zero-order valence-electron chi connectivity index (χ0n) is 20.6. The van der Waals surface area contributed by atoms with E-state index in [0.717, 1.165) is 18.4 Å². The fourth-order valence-corrected chi connectivity index (χ4v) is 5.82. The Morgan fingerprint density at radius 1 is 1.05 bits per heavy atom. The molecule has 8 nitrogen and oxygen atoms in total. The molecule has 2 heterocycles. The first-order valence-corrected chi connectivity index (χ1v) is 13.6. The number of hydrogen-bond acceptors (Lipinski definition) is 7. The molecule has 1 saturated carbocycles. The van der Waals surface area contributed by atoms with Crippen LogP contribution in [0.3, 0.4) is 0 Å². The number of methoxy groups -OCH3 is 1. The third-order valence-corrected chi connectivity index (χ3v) is 8.40. The summed E-state index contributed by atoms with van der Waals surface area (Å²) in [5.74, 6) is -0.806. The molecule has 38 heavy (non-hydrogen) atoms. The number of rotatable bonds is 9. The van der Waals surface area contributed by atoms with Gasteiger partial charge >= 0.3 is 0 Å². The van der Waals surface area contributed by atoms with E-state index in [0.29, 0.717) is 29.3 Å². The smallest absolute Gasteiger partial charge is 0.277 e. The fourth-order valence-electron chi connectivity index (χ4n) is 4.47. The van der Waals surface area contributed by atoms with Crippen molar-refractivity contribution in [2.45, 2.75) is 35.1 Å². The summed E-state index contributed by atoms with van der Waals surface area (Å²) in [5.41, 5.74) is 1.10. The van der Waals surface area contributed by atoms with Gasteiger partial charge in [0, 0.05) is 25.3 Å². The van der Waals surface area contributed by atoms with E-state index in [4.69, 9.17) is 4.74 Å². The number of hydrogen-bond donors (Lipinski definition) is 1. The van der Waals surface area contributed by atoms with E-state index < -0.39 is 38.2 Å². The van der Waals surface area contributed by atoms with Gasteiger partial charge in [-0.1, -0.05) is 42.5 Å². The number of pyridine rings is 1. The van der Waals surface area contributed by atoms with Gasteiger partial charge in [-0.25, -0.2) is 13.4 Å². The molecule has 2 aromatic heterocycles. The number of sulfone groups is 1. The van der Waals surface area contributed by atoms with Gasteiger partial charge in [-0.05, 0) is 54.2 Å². The van der Waals surface area contributed by atoms with Crippen LogP contribution in [0.5, 0.6) is 5.88 Å². The molecule has 1 aliphatic rings. The summed E-state index contributed by atoms with van der Waals surface area (Å²) in [7, 11) is -2.95. The zero-order chi connectivity index (χ0) is 26.9. The lowest BCUT2D eigenvalue weighted by atomic mass is 10.1. The van der Waals surface area contributed by atoms with Crippen LogP contribution in [-0.4, -0.2) is 41.8 Å². The molecule has 0 bridgehead atoms. The van der Waals surface area contributed by atoms with Gasteiger partial charge < -0.3 is 9.84 Å². The topological polar surface area (TPSA) is 111 Å². The Labute approximate surface area is 219 Å². The first kappa shape index (κ1) is 25.7. The summed E-state index contributed by atoms with van der Waals surface area (Å²) in [6.45, 7) is 0.105. The lowest BCUT2D eigenvalue weighted by Crippen LogP contribution is -2.35.